The van der Waals surface area contributed by atoms with Gasteiger partial charge in [-0.2, -0.15) is 0 Å². The molecule has 1 unspecified atom stereocenters. The smallest absolute Gasteiger partial charge is 0.264 e. The Kier molecular flexibility index (Phi) is 6.04. The van der Waals surface area contributed by atoms with E-state index < -0.39 is 11.5 Å². The number of amides is 1. The van der Waals surface area contributed by atoms with Crippen LogP contribution in [0.1, 0.15) is 40.4 Å². The van der Waals surface area contributed by atoms with Gasteiger partial charge in [0, 0.05) is 16.1 Å². The molecule has 1 N–H and O–H groups in total. The second-order valence-corrected chi connectivity index (χ2v) is 8.33. The Bertz CT molecular complexity index is 1170. The number of hydrogen-bond acceptors (Lipinski definition) is 4. The average Bonchev–Trinajstić information content (AvgIpc) is 2.97. The monoisotopic (exact) mass is 449 g/mol. The third-order valence-corrected chi connectivity index (χ3v) is 6.02. The highest BCUT2D eigenvalue weighted by Gasteiger charge is 2.51. The molecule has 164 valence electrons. The molecule has 1 aliphatic rings. The van der Waals surface area contributed by atoms with E-state index in [2.05, 4.69) is 0 Å². The second kappa shape index (κ2) is 8.77. The summed E-state index contributed by atoms with van der Waals surface area (Å²) in [6.45, 7) is 4.67. The molecule has 1 amide bonds. The number of halogens is 1. The van der Waals surface area contributed by atoms with Crippen LogP contribution in [0.2, 0.25) is 5.02 Å². The first kappa shape index (κ1) is 22.1. The van der Waals surface area contributed by atoms with Crippen molar-refractivity contribution in [2.75, 3.05) is 11.5 Å². The number of benzene rings is 3. The highest BCUT2D eigenvalue weighted by molar-refractivity contribution is 6.31. The molecule has 1 heterocycles. The summed E-state index contributed by atoms with van der Waals surface area (Å²) in [4.78, 5) is 28.0. The van der Waals surface area contributed by atoms with E-state index in [1.54, 1.807) is 42.5 Å². The maximum absolute atomic E-state index is 13.5. The fourth-order valence-electron chi connectivity index (χ4n) is 4.05. The van der Waals surface area contributed by atoms with Gasteiger partial charge in [-0.25, -0.2) is 0 Å². The standard InChI is InChI=1S/C26H24ClNO4/c1-3-32-21-11-8-18(9-12-21)24(29)15-26(31)22-14-20(27)10-13-23(22)28(25(26)30)16-19-7-5-4-6-17(19)2/h4-14,31H,3,15-16H2,1-2H3. The molecule has 4 rings (SSSR count). The van der Waals surface area contributed by atoms with Crippen molar-refractivity contribution in [1.29, 1.82) is 0 Å². The molecule has 3 aromatic carbocycles. The van der Waals surface area contributed by atoms with Crippen LogP contribution in [0.5, 0.6) is 5.75 Å². The van der Waals surface area contributed by atoms with Crippen LogP contribution in [0.25, 0.3) is 0 Å². The zero-order chi connectivity index (χ0) is 22.9. The van der Waals surface area contributed by atoms with Crippen molar-refractivity contribution in [2.24, 2.45) is 0 Å². The number of ether oxygens (including phenoxy) is 1. The number of ketones is 1. The molecule has 6 heteroatoms. The van der Waals surface area contributed by atoms with E-state index in [0.29, 0.717) is 40.7 Å². The van der Waals surface area contributed by atoms with Gasteiger partial charge in [0.25, 0.3) is 5.91 Å². The molecular formula is C26H24ClNO4. The fraction of sp³-hybridized carbons (Fsp3) is 0.231. The normalized spacial score (nSPS) is 17.4. The number of fused-ring (bicyclic) bond motifs is 1. The lowest BCUT2D eigenvalue weighted by Crippen LogP contribution is -2.41. The van der Waals surface area contributed by atoms with Crippen LogP contribution in [0.15, 0.2) is 66.7 Å². The van der Waals surface area contributed by atoms with Gasteiger partial charge in [0.1, 0.15) is 5.75 Å². The predicted octanol–water partition coefficient (Wildman–Crippen LogP) is 5.05. The molecule has 0 aliphatic carbocycles. The summed E-state index contributed by atoms with van der Waals surface area (Å²) in [6, 6.07) is 19.4. The topological polar surface area (TPSA) is 66.8 Å². The van der Waals surface area contributed by atoms with Gasteiger partial charge in [0.15, 0.2) is 11.4 Å². The number of nitrogens with zero attached hydrogens (tertiary/aromatic N) is 1. The van der Waals surface area contributed by atoms with Gasteiger partial charge in [-0.05, 0) is 67.4 Å². The Morgan fingerprint density at radius 1 is 1.09 bits per heavy atom. The summed E-state index contributed by atoms with van der Waals surface area (Å²) >= 11 is 6.19. The summed E-state index contributed by atoms with van der Waals surface area (Å²) in [5.74, 6) is -0.217. The largest absolute Gasteiger partial charge is 0.494 e. The molecule has 1 atom stereocenters. The molecule has 0 fully saturated rings. The summed E-state index contributed by atoms with van der Waals surface area (Å²) < 4.78 is 5.41. The van der Waals surface area contributed by atoms with E-state index in [-0.39, 0.29) is 12.2 Å². The van der Waals surface area contributed by atoms with Gasteiger partial charge < -0.3 is 14.7 Å². The first-order valence-corrected chi connectivity index (χ1v) is 10.9. The van der Waals surface area contributed by atoms with Crippen LogP contribution in [-0.4, -0.2) is 23.4 Å². The first-order valence-electron chi connectivity index (χ1n) is 10.5. The van der Waals surface area contributed by atoms with Crippen molar-refractivity contribution in [3.05, 3.63) is 94.0 Å². The fourth-order valence-corrected chi connectivity index (χ4v) is 4.22. The molecule has 0 saturated carbocycles. The number of anilines is 1. The average molecular weight is 450 g/mol. The summed E-state index contributed by atoms with van der Waals surface area (Å²) in [6.07, 6.45) is -0.378. The van der Waals surface area contributed by atoms with Crippen LogP contribution in [0.3, 0.4) is 0 Å². The molecule has 0 bridgehead atoms. The van der Waals surface area contributed by atoms with Crippen LogP contribution in [0, 0.1) is 6.92 Å². The van der Waals surface area contributed by atoms with E-state index in [1.165, 1.54) is 4.90 Å². The third kappa shape index (κ3) is 4.01. The second-order valence-electron chi connectivity index (χ2n) is 7.90. The van der Waals surface area contributed by atoms with Crippen LogP contribution in [-0.2, 0) is 16.9 Å². The molecule has 0 aromatic heterocycles. The van der Waals surface area contributed by atoms with Crippen molar-refractivity contribution in [3.63, 3.8) is 0 Å². The lowest BCUT2D eigenvalue weighted by atomic mass is 9.88. The minimum absolute atomic E-state index is 0.291. The highest BCUT2D eigenvalue weighted by atomic mass is 35.5. The summed E-state index contributed by atoms with van der Waals surface area (Å²) in [5.41, 5.74) is 1.32. The Labute approximate surface area is 192 Å². The molecule has 32 heavy (non-hydrogen) atoms. The molecule has 5 nitrogen and oxygen atoms in total. The summed E-state index contributed by atoms with van der Waals surface area (Å²) in [5, 5.41) is 11.9. The Balaban J connectivity index is 1.67. The molecule has 0 radical (unpaired) electrons. The third-order valence-electron chi connectivity index (χ3n) is 5.79. The molecule has 0 saturated heterocycles. The van der Waals surface area contributed by atoms with E-state index >= 15 is 0 Å². The van der Waals surface area contributed by atoms with Gasteiger partial charge in [0.2, 0.25) is 0 Å². The number of carbonyl (C=O) groups is 2. The first-order chi connectivity index (χ1) is 15.3. The van der Waals surface area contributed by atoms with E-state index in [1.807, 2.05) is 38.1 Å². The van der Waals surface area contributed by atoms with Crippen molar-refractivity contribution in [1.82, 2.24) is 0 Å². The van der Waals surface area contributed by atoms with Crippen molar-refractivity contribution >= 4 is 29.0 Å². The molecular weight excluding hydrogens is 426 g/mol. The van der Waals surface area contributed by atoms with Gasteiger partial charge in [0.05, 0.1) is 25.3 Å². The van der Waals surface area contributed by atoms with E-state index in [9.17, 15) is 14.7 Å². The number of aryl methyl sites for hydroxylation is 1. The molecule has 0 spiro atoms. The minimum Gasteiger partial charge on any atom is -0.494 e. The van der Waals surface area contributed by atoms with Gasteiger partial charge in [-0.15, -0.1) is 0 Å². The van der Waals surface area contributed by atoms with Gasteiger partial charge in [-0.1, -0.05) is 35.9 Å². The Morgan fingerprint density at radius 2 is 1.81 bits per heavy atom. The summed E-state index contributed by atoms with van der Waals surface area (Å²) in [7, 11) is 0. The number of Topliss-reactive ketones (excluding diaryl/α,β-unsaturated/α-hetero) is 1. The van der Waals surface area contributed by atoms with E-state index in [4.69, 9.17) is 16.3 Å². The number of rotatable bonds is 7. The van der Waals surface area contributed by atoms with Crippen LogP contribution in [0.4, 0.5) is 5.69 Å². The van der Waals surface area contributed by atoms with Crippen LogP contribution < -0.4 is 9.64 Å². The van der Waals surface area contributed by atoms with Gasteiger partial charge in [-0.3, -0.25) is 9.59 Å². The highest BCUT2D eigenvalue weighted by Crippen LogP contribution is 2.45. The number of hydrogen-bond donors (Lipinski definition) is 1. The number of carbonyl (C=O) groups excluding carboxylic acids is 2. The lowest BCUT2D eigenvalue weighted by Gasteiger charge is -2.23. The predicted molar refractivity (Wildman–Crippen MR) is 124 cm³/mol. The zero-order valence-electron chi connectivity index (χ0n) is 18.0. The zero-order valence-corrected chi connectivity index (χ0v) is 18.7. The van der Waals surface area contributed by atoms with Gasteiger partial charge >= 0.3 is 0 Å². The maximum Gasteiger partial charge on any atom is 0.264 e. The molecule has 3 aromatic rings. The minimum atomic E-state index is -1.99. The van der Waals surface area contributed by atoms with Crippen molar-refractivity contribution in [3.8, 4) is 5.75 Å². The maximum atomic E-state index is 13.5. The lowest BCUT2D eigenvalue weighted by molar-refractivity contribution is -0.136. The van der Waals surface area contributed by atoms with E-state index in [0.717, 1.165) is 11.1 Å². The SMILES string of the molecule is CCOc1ccc(C(=O)CC2(O)C(=O)N(Cc3ccccc3C)c3ccc(Cl)cc32)cc1. The number of aliphatic hydroxyl groups is 1. The van der Waals surface area contributed by atoms with Crippen molar-refractivity contribution < 1.29 is 19.4 Å². The Morgan fingerprint density at radius 3 is 2.50 bits per heavy atom. The Hall–Kier alpha value is -3.15. The van der Waals surface area contributed by atoms with Crippen LogP contribution >= 0.6 is 11.6 Å². The molecule has 1 aliphatic heterocycles. The van der Waals surface area contributed by atoms with Crippen molar-refractivity contribution in [2.45, 2.75) is 32.4 Å². The quantitative estimate of drug-likeness (QED) is 0.512.